The molecule has 0 spiro atoms. The lowest BCUT2D eigenvalue weighted by Crippen LogP contribution is -2.14. The van der Waals surface area contributed by atoms with Crippen molar-refractivity contribution >= 4 is 33.7 Å². The molecule has 76 heavy (non-hydrogen) atoms. The molecule has 0 bridgehead atoms. The normalized spacial score (nSPS) is 17.5. The highest BCUT2D eigenvalue weighted by atomic mass is 14.9. The van der Waals surface area contributed by atoms with Gasteiger partial charge in [-0.05, 0) is 160 Å². The van der Waals surface area contributed by atoms with Crippen molar-refractivity contribution < 1.29 is 0 Å². The third kappa shape index (κ3) is 10.3. The van der Waals surface area contributed by atoms with Crippen molar-refractivity contribution in [3.8, 4) is 33.5 Å². The first-order chi connectivity index (χ1) is 37.5. The largest absolute Gasteiger partial charge is 0.252 e. The molecule has 0 fully saturated rings. The van der Waals surface area contributed by atoms with Crippen LogP contribution >= 0.6 is 0 Å². The van der Waals surface area contributed by atoms with Gasteiger partial charge in [-0.15, -0.1) is 0 Å². The smallest absolute Gasteiger partial charge is 0.132 e. The molecule has 0 saturated carbocycles. The van der Waals surface area contributed by atoms with Gasteiger partial charge in [-0.1, -0.05) is 219 Å². The lowest BCUT2D eigenvalue weighted by atomic mass is 9.83. The maximum atomic E-state index is 5.55. The molecule has 2 heterocycles. The van der Waals surface area contributed by atoms with E-state index < -0.39 is 0 Å². The van der Waals surface area contributed by atoms with Crippen molar-refractivity contribution in [3.05, 3.63) is 293 Å². The molecule has 3 aliphatic carbocycles. The van der Waals surface area contributed by atoms with E-state index in [1.807, 2.05) is 0 Å². The quantitative estimate of drug-likeness (QED) is 0.122. The van der Waals surface area contributed by atoms with E-state index in [0.717, 1.165) is 102 Å². The van der Waals surface area contributed by atoms with Crippen molar-refractivity contribution in [1.29, 1.82) is 0 Å². The Morgan fingerprint density at radius 2 is 1.11 bits per heavy atom. The van der Waals surface area contributed by atoms with Crippen LogP contribution < -0.4 is 0 Å². The lowest BCUT2D eigenvalue weighted by molar-refractivity contribution is 0.584. The molecule has 0 N–H and O–H groups in total. The van der Waals surface area contributed by atoms with Gasteiger partial charge in [-0.25, -0.2) is 9.97 Å². The van der Waals surface area contributed by atoms with Gasteiger partial charge in [0.25, 0.3) is 0 Å². The summed E-state index contributed by atoms with van der Waals surface area (Å²) in [6, 6.07) is 68.3. The van der Waals surface area contributed by atoms with Crippen LogP contribution in [0.25, 0.3) is 61.5 Å². The topological polar surface area (TPSA) is 38.1 Å². The molecule has 3 nitrogen and oxygen atoms in total. The van der Waals surface area contributed by atoms with E-state index in [2.05, 4.69) is 251 Å². The van der Waals surface area contributed by atoms with Gasteiger partial charge in [0.15, 0.2) is 0 Å². The molecule has 1 aliphatic heterocycles. The molecule has 4 aliphatic rings. The second kappa shape index (κ2) is 22.1. The molecule has 370 valence electrons. The third-order valence-corrected chi connectivity index (χ3v) is 15.8. The van der Waals surface area contributed by atoms with E-state index in [0.29, 0.717) is 0 Å². The zero-order valence-electron chi connectivity index (χ0n) is 43.7. The van der Waals surface area contributed by atoms with Gasteiger partial charge in [-0.3, -0.25) is 4.99 Å². The molecule has 7 aromatic carbocycles. The van der Waals surface area contributed by atoms with Crippen LogP contribution in [0.15, 0.2) is 247 Å². The highest BCUT2D eigenvalue weighted by Crippen LogP contribution is 2.42. The molecule has 1 aromatic heterocycles. The summed E-state index contributed by atoms with van der Waals surface area (Å²) in [5.41, 5.74) is 25.4. The molecule has 0 amide bonds. The van der Waals surface area contributed by atoms with Crippen molar-refractivity contribution in [3.63, 3.8) is 0 Å². The Morgan fingerprint density at radius 3 is 1.82 bits per heavy atom. The maximum Gasteiger partial charge on any atom is 0.132 e. The summed E-state index contributed by atoms with van der Waals surface area (Å²) in [5, 5.41) is 0. The van der Waals surface area contributed by atoms with Crippen LogP contribution in [0.3, 0.4) is 0 Å². The lowest BCUT2D eigenvalue weighted by Gasteiger charge is -2.25. The second-order valence-electron chi connectivity index (χ2n) is 20.7. The zero-order valence-corrected chi connectivity index (χ0v) is 43.7. The summed E-state index contributed by atoms with van der Waals surface area (Å²) in [7, 11) is 0. The number of aromatic nitrogens is 2. The zero-order chi connectivity index (χ0) is 51.2. The monoisotopic (exact) mass is 982 g/mol. The minimum absolute atomic E-state index is 0.206. The van der Waals surface area contributed by atoms with Crippen molar-refractivity contribution in [2.45, 2.75) is 77.0 Å². The summed E-state index contributed by atoms with van der Waals surface area (Å²) in [4.78, 5) is 16.6. The summed E-state index contributed by atoms with van der Waals surface area (Å²) >= 11 is 0. The molecule has 3 heteroatoms. The minimum Gasteiger partial charge on any atom is -0.252 e. The summed E-state index contributed by atoms with van der Waals surface area (Å²) in [6.07, 6.45) is 26.1. The van der Waals surface area contributed by atoms with Crippen molar-refractivity contribution in [2.75, 3.05) is 0 Å². The Balaban J connectivity index is 0.819. The van der Waals surface area contributed by atoms with E-state index in [1.165, 1.54) is 72.4 Å². The SMILES string of the molecule is CCC1=C(c2ccccc2)N=C(c2cccc(C3=CCCC(c4cccc(C5=CCCC(c6nc(-c7cccc(-c8cccc(-c9ccccc9)c8)c7)c(C)c(C7C=CC=CC7)n6)C5)c4)=C3)c2)CC=C1c1ccccc1. The molecular weight excluding hydrogens is 919 g/mol. The molecule has 8 aromatic rings. The van der Waals surface area contributed by atoms with Crippen LogP contribution in [0.2, 0.25) is 0 Å². The van der Waals surface area contributed by atoms with Gasteiger partial charge in [0, 0.05) is 29.4 Å². The Bertz CT molecular complexity index is 3710. The first kappa shape index (κ1) is 48.4. The molecule has 2 atom stereocenters. The Labute approximate surface area is 449 Å². The third-order valence-electron chi connectivity index (χ3n) is 15.8. The summed E-state index contributed by atoms with van der Waals surface area (Å²) < 4.78 is 0. The van der Waals surface area contributed by atoms with Crippen LogP contribution in [0.5, 0.6) is 0 Å². The first-order valence-electron chi connectivity index (χ1n) is 27.4. The first-order valence-corrected chi connectivity index (χ1v) is 27.4. The predicted molar refractivity (Wildman–Crippen MR) is 321 cm³/mol. The maximum absolute atomic E-state index is 5.55. The second-order valence-corrected chi connectivity index (χ2v) is 20.7. The number of allylic oxidation sites excluding steroid dienone is 13. The van der Waals surface area contributed by atoms with Crippen LogP contribution in [-0.4, -0.2) is 15.7 Å². The molecule has 0 radical (unpaired) electrons. The molecule has 12 rings (SSSR count). The Hall–Kier alpha value is -8.53. The van der Waals surface area contributed by atoms with E-state index in [1.54, 1.807) is 0 Å². The van der Waals surface area contributed by atoms with Crippen LogP contribution in [0, 0.1) is 6.92 Å². The van der Waals surface area contributed by atoms with Crippen molar-refractivity contribution in [1.82, 2.24) is 9.97 Å². The highest BCUT2D eigenvalue weighted by molar-refractivity contribution is 6.08. The van der Waals surface area contributed by atoms with Crippen molar-refractivity contribution in [2.24, 2.45) is 4.99 Å². The Kier molecular flexibility index (Phi) is 14.1. The number of hydrogen-bond donors (Lipinski definition) is 0. The summed E-state index contributed by atoms with van der Waals surface area (Å²) in [5.74, 6) is 1.38. The summed E-state index contributed by atoms with van der Waals surface area (Å²) in [6.45, 7) is 4.48. The van der Waals surface area contributed by atoms with Gasteiger partial charge >= 0.3 is 0 Å². The molecule has 2 unspecified atom stereocenters. The minimum atomic E-state index is 0.206. The average molecular weight is 982 g/mol. The highest BCUT2D eigenvalue weighted by Gasteiger charge is 2.27. The standard InChI is InChI=1S/C73H63N3/c1-3-67-68(52-24-10-5-11-25-52)42-43-69(74-72(67)54-28-14-7-15-29-54)64-39-19-36-61(47-64)59-34-17-32-57(45-59)58-33-18-35-60(46-58)63-38-21-41-66(49-63)73-75-70(53-26-12-6-13-27-53)50(2)71(76-73)65-40-20-37-62(48-65)56-31-16-30-55(44-56)51-22-8-4-9-23-51/h4-16,18-20,22-26,28-31,33-40,42,44-48,53,66H,3,17,21,27,32,41,43,49H2,1-2H3. The van der Waals surface area contributed by atoms with Gasteiger partial charge in [-0.2, -0.15) is 0 Å². The molecule has 0 saturated heterocycles. The van der Waals surface area contributed by atoms with E-state index in [9.17, 15) is 0 Å². The van der Waals surface area contributed by atoms with E-state index in [4.69, 9.17) is 15.0 Å². The van der Waals surface area contributed by atoms with Crippen LogP contribution in [0.4, 0.5) is 0 Å². The van der Waals surface area contributed by atoms with E-state index in [-0.39, 0.29) is 11.8 Å². The van der Waals surface area contributed by atoms with Gasteiger partial charge in [0.05, 0.1) is 22.8 Å². The predicted octanol–water partition coefficient (Wildman–Crippen LogP) is 19.1. The number of nitrogens with zero attached hydrogens (tertiary/aromatic N) is 3. The Morgan fingerprint density at radius 1 is 0.513 bits per heavy atom. The molecular formula is C73H63N3. The fourth-order valence-electron chi connectivity index (χ4n) is 11.8. The van der Waals surface area contributed by atoms with Gasteiger partial charge in [0.1, 0.15) is 5.82 Å². The fourth-order valence-corrected chi connectivity index (χ4v) is 11.8. The van der Waals surface area contributed by atoms with Gasteiger partial charge in [0.2, 0.25) is 0 Å². The van der Waals surface area contributed by atoms with Crippen LogP contribution in [-0.2, 0) is 0 Å². The number of hydrogen-bond acceptors (Lipinski definition) is 3. The van der Waals surface area contributed by atoms with Gasteiger partial charge < -0.3 is 0 Å². The van der Waals surface area contributed by atoms with Crippen LogP contribution in [0.1, 0.15) is 121 Å². The fraction of sp³-hybridized carbons (Fsp3) is 0.164. The number of benzene rings is 7. The van der Waals surface area contributed by atoms with E-state index >= 15 is 0 Å². The average Bonchev–Trinajstić information content (AvgIpc) is 3.72. The number of aliphatic imine (C=N–C) groups is 1. The number of rotatable bonds is 12.